The van der Waals surface area contributed by atoms with Gasteiger partial charge >= 0.3 is 5.97 Å². The first-order chi connectivity index (χ1) is 10.1. The Morgan fingerprint density at radius 2 is 2.14 bits per heavy atom. The summed E-state index contributed by atoms with van der Waals surface area (Å²) in [6.07, 6.45) is 3.56. The third-order valence-electron chi connectivity index (χ3n) is 3.60. The standard InChI is InChI=1S/C14H17FN2O4/c15-11-5-10(6-16-7-11)13(18)17-8-12(14(19)20)9-1-3-21-4-2-9/h5-7,9,12H,1-4,8H2,(H,17,18)(H,19,20). The van der Waals surface area contributed by atoms with Crippen molar-refractivity contribution in [2.75, 3.05) is 19.8 Å². The van der Waals surface area contributed by atoms with Gasteiger partial charge in [-0.05, 0) is 24.8 Å². The highest BCUT2D eigenvalue weighted by atomic mass is 19.1. The van der Waals surface area contributed by atoms with Crippen LogP contribution in [-0.4, -0.2) is 41.7 Å². The molecule has 1 unspecified atom stereocenters. The van der Waals surface area contributed by atoms with Crippen LogP contribution in [0.4, 0.5) is 4.39 Å². The third-order valence-corrected chi connectivity index (χ3v) is 3.60. The van der Waals surface area contributed by atoms with Gasteiger partial charge in [-0.3, -0.25) is 14.6 Å². The normalized spacial score (nSPS) is 17.2. The molecule has 0 spiro atoms. The summed E-state index contributed by atoms with van der Waals surface area (Å²) >= 11 is 0. The van der Waals surface area contributed by atoms with Gasteiger partial charge in [-0.1, -0.05) is 0 Å². The minimum absolute atomic E-state index is 0.00927. The van der Waals surface area contributed by atoms with Gasteiger partial charge in [0.2, 0.25) is 0 Å². The van der Waals surface area contributed by atoms with Crippen molar-refractivity contribution in [3.05, 3.63) is 29.8 Å². The quantitative estimate of drug-likeness (QED) is 0.848. The molecule has 0 aliphatic carbocycles. The molecular weight excluding hydrogens is 279 g/mol. The number of carbonyl (C=O) groups is 2. The van der Waals surface area contributed by atoms with Gasteiger partial charge < -0.3 is 15.2 Å². The molecule has 2 N–H and O–H groups in total. The van der Waals surface area contributed by atoms with E-state index in [9.17, 15) is 19.1 Å². The van der Waals surface area contributed by atoms with E-state index in [1.54, 1.807) is 0 Å². The molecule has 2 heterocycles. The molecule has 1 amide bonds. The van der Waals surface area contributed by atoms with Crippen molar-refractivity contribution in [1.29, 1.82) is 0 Å². The van der Waals surface area contributed by atoms with E-state index in [2.05, 4.69) is 10.3 Å². The summed E-state index contributed by atoms with van der Waals surface area (Å²) < 4.78 is 18.2. The fraction of sp³-hybridized carbons (Fsp3) is 0.500. The molecule has 1 aliphatic rings. The van der Waals surface area contributed by atoms with Crippen LogP contribution in [0.5, 0.6) is 0 Å². The first-order valence-electron chi connectivity index (χ1n) is 6.77. The monoisotopic (exact) mass is 296 g/mol. The lowest BCUT2D eigenvalue weighted by Gasteiger charge is -2.27. The lowest BCUT2D eigenvalue weighted by Crippen LogP contribution is -2.39. The molecule has 1 atom stereocenters. The highest BCUT2D eigenvalue weighted by Crippen LogP contribution is 2.23. The fourth-order valence-corrected chi connectivity index (χ4v) is 2.41. The Balaban J connectivity index is 1.95. The first kappa shape index (κ1) is 15.4. The largest absolute Gasteiger partial charge is 0.481 e. The number of nitrogens with one attached hydrogen (secondary N) is 1. The van der Waals surface area contributed by atoms with E-state index in [0.29, 0.717) is 26.1 Å². The van der Waals surface area contributed by atoms with Crippen molar-refractivity contribution < 1.29 is 23.8 Å². The van der Waals surface area contributed by atoms with Gasteiger partial charge in [0, 0.05) is 26.0 Å². The van der Waals surface area contributed by atoms with Crippen LogP contribution in [0.2, 0.25) is 0 Å². The molecule has 1 saturated heterocycles. The highest BCUT2D eigenvalue weighted by molar-refractivity contribution is 5.94. The van der Waals surface area contributed by atoms with Crippen LogP contribution in [0.15, 0.2) is 18.5 Å². The van der Waals surface area contributed by atoms with Gasteiger partial charge in [-0.15, -0.1) is 0 Å². The van der Waals surface area contributed by atoms with E-state index >= 15 is 0 Å². The maximum absolute atomic E-state index is 13.0. The molecule has 0 bridgehead atoms. The molecule has 1 aromatic heterocycles. The smallest absolute Gasteiger partial charge is 0.308 e. The maximum Gasteiger partial charge on any atom is 0.308 e. The molecule has 7 heteroatoms. The number of rotatable bonds is 5. The second-order valence-corrected chi connectivity index (χ2v) is 5.00. The second kappa shape index (κ2) is 7.12. The Morgan fingerprint density at radius 3 is 2.76 bits per heavy atom. The van der Waals surface area contributed by atoms with Crippen molar-refractivity contribution in [3.8, 4) is 0 Å². The van der Waals surface area contributed by atoms with Crippen LogP contribution in [0, 0.1) is 17.7 Å². The molecule has 0 radical (unpaired) electrons. The Kier molecular flexibility index (Phi) is 5.21. The predicted molar refractivity (Wildman–Crippen MR) is 71.2 cm³/mol. The zero-order valence-electron chi connectivity index (χ0n) is 11.4. The van der Waals surface area contributed by atoms with Crippen LogP contribution < -0.4 is 5.32 Å². The van der Waals surface area contributed by atoms with Crippen molar-refractivity contribution >= 4 is 11.9 Å². The summed E-state index contributed by atoms with van der Waals surface area (Å²) in [5.74, 6) is -2.77. The number of halogens is 1. The third kappa shape index (κ3) is 4.22. The maximum atomic E-state index is 13.0. The number of ether oxygens (including phenoxy) is 1. The number of hydrogen-bond donors (Lipinski definition) is 2. The van der Waals surface area contributed by atoms with Gasteiger partial charge in [0.25, 0.3) is 5.91 Å². The Labute approximate surface area is 121 Å². The molecule has 1 fully saturated rings. The topological polar surface area (TPSA) is 88.5 Å². The van der Waals surface area contributed by atoms with Gasteiger partial charge in [-0.2, -0.15) is 0 Å². The van der Waals surface area contributed by atoms with Crippen LogP contribution in [-0.2, 0) is 9.53 Å². The summed E-state index contributed by atoms with van der Waals surface area (Å²) in [5.41, 5.74) is 0.0751. The van der Waals surface area contributed by atoms with E-state index in [1.807, 2.05) is 0 Å². The number of amides is 1. The summed E-state index contributed by atoms with van der Waals surface area (Å²) in [6.45, 7) is 1.09. The van der Waals surface area contributed by atoms with Crippen LogP contribution >= 0.6 is 0 Å². The zero-order valence-corrected chi connectivity index (χ0v) is 11.4. The minimum atomic E-state index is -0.945. The number of carboxylic acids is 1. The van der Waals surface area contributed by atoms with Crippen molar-refractivity contribution in [2.24, 2.45) is 11.8 Å². The average molecular weight is 296 g/mol. The number of pyridine rings is 1. The second-order valence-electron chi connectivity index (χ2n) is 5.00. The molecule has 2 rings (SSSR count). The molecule has 21 heavy (non-hydrogen) atoms. The van der Waals surface area contributed by atoms with Gasteiger partial charge in [-0.25, -0.2) is 4.39 Å². The SMILES string of the molecule is O=C(NCC(C(=O)O)C1CCOCC1)c1cncc(F)c1. The van der Waals surface area contributed by atoms with Crippen LogP contribution in [0.3, 0.4) is 0 Å². The van der Waals surface area contributed by atoms with Gasteiger partial charge in [0.15, 0.2) is 0 Å². The number of nitrogens with zero attached hydrogens (tertiary/aromatic N) is 1. The molecule has 0 aromatic carbocycles. The molecule has 0 saturated carbocycles. The van der Waals surface area contributed by atoms with Gasteiger partial charge in [0.05, 0.1) is 17.7 Å². The minimum Gasteiger partial charge on any atom is -0.481 e. The average Bonchev–Trinajstić information content (AvgIpc) is 2.48. The fourth-order valence-electron chi connectivity index (χ4n) is 2.41. The summed E-state index contributed by atoms with van der Waals surface area (Å²) in [6, 6.07) is 1.06. The van der Waals surface area contributed by atoms with E-state index < -0.39 is 23.6 Å². The van der Waals surface area contributed by atoms with E-state index in [1.165, 1.54) is 6.20 Å². The van der Waals surface area contributed by atoms with Gasteiger partial charge in [0.1, 0.15) is 5.82 Å². The number of aliphatic carboxylic acids is 1. The number of aromatic nitrogens is 1. The van der Waals surface area contributed by atoms with Crippen molar-refractivity contribution in [2.45, 2.75) is 12.8 Å². The highest BCUT2D eigenvalue weighted by Gasteiger charge is 2.30. The Hall–Kier alpha value is -2.02. The Bertz CT molecular complexity index is 517. The number of carbonyl (C=O) groups excluding carboxylic acids is 1. The lowest BCUT2D eigenvalue weighted by atomic mass is 9.86. The van der Waals surface area contributed by atoms with Crippen LogP contribution in [0.25, 0.3) is 0 Å². The van der Waals surface area contributed by atoms with Crippen LogP contribution in [0.1, 0.15) is 23.2 Å². The van der Waals surface area contributed by atoms with E-state index in [4.69, 9.17) is 4.74 Å². The Morgan fingerprint density at radius 1 is 1.43 bits per heavy atom. The van der Waals surface area contributed by atoms with Crippen molar-refractivity contribution in [3.63, 3.8) is 0 Å². The zero-order chi connectivity index (χ0) is 15.2. The summed E-state index contributed by atoms with van der Waals surface area (Å²) in [4.78, 5) is 26.8. The lowest BCUT2D eigenvalue weighted by molar-refractivity contribution is -0.144. The molecule has 1 aromatic rings. The molecule has 6 nitrogen and oxygen atoms in total. The number of carboxylic acid groups (broad SMARTS) is 1. The van der Waals surface area contributed by atoms with E-state index in [0.717, 1.165) is 12.3 Å². The van der Waals surface area contributed by atoms with Crippen molar-refractivity contribution in [1.82, 2.24) is 10.3 Å². The van der Waals surface area contributed by atoms with E-state index in [-0.39, 0.29) is 18.0 Å². The molecule has 114 valence electrons. The number of hydrogen-bond acceptors (Lipinski definition) is 4. The summed E-state index contributed by atoms with van der Waals surface area (Å²) in [7, 11) is 0. The first-order valence-corrected chi connectivity index (χ1v) is 6.77. The molecular formula is C14H17FN2O4. The predicted octanol–water partition coefficient (Wildman–Crippen LogP) is 1.08. The summed E-state index contributed by atoms with van der Waals surface area (Å²) in [5, 5.41) is 11.8. The molecule has 1 aliphatic heterocycles.